The fraction of sp³-hybridized carbons (Fsp3) is 0.444. The van der Waals surface area contributed by atoms with E-state index in [1.807, 2.05) is 29.6 Å². The van der Waals surface area contributed by atoms with Crippen molar-refractivity contribution in [2.75, 3.05) is 0 Å². The van der Waals surface area contributed by atoms with Gasteiger partial charge in [-0.3, -0.25) is 4.79 Å². The lowest BCUT2D eigenvalue weighted by Gasteiger charge is -2.29. The molecule has 1 aromatic heterocycles. The molecule has 0 aliphatic heterocycles. The number of hydrogen-bond acceptors (Lipinski definition) is 4. The van der Waals surface area contributed by atoms with Crippen molar-refractivity contribution in [1.29, 1.82) is 0 Å². The lowest BCUT2D eigenvalue weighted by atomic mass is 9.86. The molecule has 1 aliphatic carbocycles. The minimum atomic E-state index is 0.00908. The fourth-order valence-electron chi connectivity index (χ4n) is 2.95. The smallest absolute Gasteiger partial charge is 0.251 e. The molecule has 4 nitrogen and oxygen atoms in total. The third kappa shape index (κ3) is 4.32. The van der Waals surface area contributed by atoms with Crippen molar-refractivity contribution in [3.63, 3.8) is 0 Å². The summed E-state index contributed by atoms with van der Waals surface area (Å²) in [5.74, 6) is 1.32. The summed E-state index contributed by atoms with van der Waals surface area (Å²) in [5.41, 5.74) is 3.39. The lowest BCUT2D eigenvalue weighted by molar-refractivity contribution is 0.0910. The normalized spacial score (nSPS) is 20.9. The number of nitrogens with one attached hydrogen (secondary N) is 1. The van der Waals surface area contributed by atoms with Gasteiger partial charge in [0.2, 0.25) is 0 Å². The second-order valence-electron chi connectivity index (χ2n) is 6.13. The maximum atomic E-state index is 12.4. The molecule has 1 heterocycles. The van der Waals surface area contributed by atoms with E-state index in [2.05, 4.69) is 17.2 Å². The van der Waals surface area contributed by atoms with Crippen LogP contribution in [-0.2, 0) is 6.61 Å². The van der Waals surface area contributed by atoms with Gasteiger partial charge in [0, 0.05) is 17.0 Å². The average Bonchev–Trinajstić information content (AvgIpc) is 3.09. The van der Waals surface area contributed by atoms with Crippen LogP contribution in [0, 0.1) is 5.92 Å². The lowest BCUT2D eigenvalue weighted by Crippen LogP contribution is -2.41. The molecule has 1 amide bonds. The van der Waals surface area contributed by atoms with Gasteiger partial charge in [-0.25, -0.2) is 4.98 Å². The zero-order valence-corrected chi connectivity index (χ0v) is 14.1. The number of rotatable bonds is 5. The Morgan fingerprint density at radius 1 is 1.30 bits per heavy atom. The molecule has 0 spiro atoms. The van der Waals surface area contributed by atoms with Gasteiger partial charge in [-0.2, -0.15) is 0 Å². The Hall–Kier alpha value is -1.88. The zero-order chi connectivity index (χ0) is 16.1. The van der Waals surface area contributed by atoms with Crippen LogP contribution < -0.4 is 10.1 Å². The Bertz CT molecular complexity index is 625. The van der Waals surface area contributed by atoms with Gasteiger partial charge in [-0.1, -0.05) is 19.8 Å². The highest BCUT2D eigenvalue weighted by Gasteiger charge is 2.23. The average molecular weight is 330 g/mol. The second kappa shape index (κ2) is 7.59. The molecule has 1 saturated carbocycles. The number of carbonyl (C=O) groups is 1. The highest BCUT2D eigenvalue weighted by atomic mass is 32.1. The van der Waals surface area contributed by atoms with Crippen molar-refractivity contribution >= 4 is 17.2 Å². The number of amides is 1. The van der Waals surface area contributed by atoms with Gasteiger partial charge >= 0.3 is 0 Å². The van der Waals surface area contributed by atoms with Crippen LogP contribution in [0.2, 0.25) is 0 Å². The van der Waals surface area contributed by atoms with E-state index in [1.165, 1.54) is 19.3 Å². The molecule has 1 aromatic carbocycles. The van der Waals surface area contributed by atoms with Crippen LogP contribution in [0.4, 0.5) is 0 Å². The number of ether oxygens (including phenoxy) is 1. The summed E-state index contributed by atoms with van der Waals surface area (Å²) in [5, 5.41) is 5.14. The Balaban J connectivity index is 1.54. The van der Waals surface area contributed by atoms with Crippen LogP contribution in [0.1, 0.15) is 48.7 Å². The molecule has 122 valence electrons. The van der Waals surface area contributed by atoms with Crippen LogP contribution in [0.25, 0.3) is 0 Å². The van der Waals surface area contributed by atoms with Gasteiger partial charge in [0.15, 0.2) is 0 Å². The van der Waals surface area contributed by atoms with Gasteiger partial charge in [-0.15, -0.1) is 11.3 Å². The quantitative estimate of drug-likeness (QED) is 0.900. The molecule has 1 fully saturated rings. The van der Waals surface area contributed by atoms with E-state index < -0.39 is 0 Å². The van der Waals surface area contributed by atoms with E-state index in [0.29, 0.717) is 24.1 Å². The van der Waals surface area contributed by atoms with Crippen molar-refractivity contribution in [1.82, 2.24) is 10.3 Å². The molecule has 0 bridgehead atoms. The summed E-state index contributed by atoms with van der Waals surface area (Å²) in [6.45, 7) is 2.67. The first-order valence-electron chi connectivity index (χ1n) is 8.13. The van der Waals surface area contributed by atoms with Crippen LogP contribution in [0.15, 0.2) is 35.2 Å². The molecule has 1 aliphatic rings. The first kappa shape index (κ1) is 16.0. The summed E-state index contributed by atoms with van der Waals surface area (Å²) in [7, 11) is 0. The van der Waals surface area contributed by atoms with E-state index in [0.717, 1.165) is 17.9 Å². The second-order valence-corrected chi connectivity index (χ2v) is 6.85. The molecule has 0 radical (unpaired) electrons. The SMILES string of the molecule is C[C@H]1CCCC[C@H]1NC(=O)c1ccc(OCc2cscn2)cc1. The van der Waals surface area contributed by atoms with Crippen molar-refractivity contribution in [3.8, 4) is 5.75 Å². The molecule has 0 saturated heterocycles. The molecule has 3 rings (SSSR count). The maximum Gasteiger partial charge on any atom is 0.251 e. The van der Waals surface area contributed by atoms with Crippen LogP contribution in [0.3, 0.4) is 0 Å². The number of nitrogens with zero attached hydrogens (tertiary/aromatic N) is 1. The van der Waals surface area contributed by atoms with Crippen LogP contribution >= 0.6 is 11.3 Å². The number of thiazole rings is 1. The largest absolute Gasteiger partial charge is 0.487 e. The van der Waals surface area contributed by atoms with Crippen molar-refractivity contribution in [3.05, 3.63) is 46.4 Å². The van der Waals surface area contributed by atoms with E-state index >= 15 is 0 Å². The summed E-state index contributed by atoms with van der Waals surface area (Å²) < 4.78 is 5.66. The Morgan fingerprint density at radius 3 is 2.78 bits per heavy atom. The fourth-order valence-corrected chi connectivity index (χ4v) is 3.49. The topological polar surface area (TPSA) is 51.2 Å². The number of aromatic nitrogens is 1. The molecule has 0 unspecified atom stereocenters. The van der Waals surface area contributed by atoms with Gasteiger partial charge < -0.3 is 10.1 Å². The standard InChI is InChI=1S/C18H22N2O2S/c1-13-4-2-3-5-17(13)20-18(21)14-6-8-16(9-7-14)22-10-15-11-23-12-19-15/h6-9,11-13,17H,2-5,10H2,1H3,(H,20,21)/t13-,17+/m0/s1. The predicted molar refractivity (Wildman–Crippen MR) is 91.8 cm³/mol. The molecule has 23 heavy (non-hydrogen) atoms. The monoisotopic (exact) mass is 330 g/mol. The van der Waals surface area contributed by atoms with Gasteiger partial charge in [0.25, 0.3) is 5.91 Å². The van der Waals surface area contributed by atoms with Crippen molar-refractivity contribution in [2.24, 2.45) is 5.92 Å². The third-order valence-corrected chi connectivity index (χ3v) is 5.05. The maximum absolute atomic E-state index is 12.4. The highest BCUT2D eigenvalue weighted by Crippen LogP contribution is 2.24. The van der Waals surface area contributed by atoms with Crippen LogP contribution in [0.5, 0.6) is 5.75 Å². The minimum absolute atomic E-state index is 0.00908. The Kier molecular flexibility index (Phi) is 5.28. The minimum Gasteiger partial charge on any atom is -0.487 e. The van der Waals surface area contributed by atoms with E-state index in [1.54, 1.807) is 16.8 Å². The van der Waals surface area contributed by atoms with Crippen LogP contribution in [-0.4, -0.2) is 16.9 Å². The molecular formula is C18H22N2O2S. The van der Waals surface area contributed by atoms with Crippen molar-refractivity contribution in [2.45, 2.75) is 45.3 Å². The summed E-state index contributed by atoms with van der Waals surface area (Å²) in [4.78, 5) is 16.5. The molecule has 2 aromatic rings. The summed E-state index contributed by atoms with van der Waals surface area (Å²) >= 11 is 1.55. The van der Waals surface area contributed by atoms with E-state index in [4.69, 9.17) is 4.74 Å². The summed E-state index contributed by atoms with van der Waals surface area (Å²) in [6.07, 6.45) is 4.77. The first-order valence-corrected chi connectivity index (χ1v) is 9.07. The Labute approximate surface area is 140 Å². The number of hydrogen-bond donors (Lipinski definition) is 1. The molecule has 5 heteroatoms. The number of benzene rings is 1. The zero-order valence-electron chi connectivity index (χ0n) is 13.3. The highest BCUT2D eigenvalue weighted by molar-refractivity contribution is 7.07. The predicted octanol–water partition coefficient (Wildman–Crippen LogP) is 4.03. The molecular weight excluding hydrogens is 308 g/mol. The van der Waals surface area contributed by atoms with Crippen molar-refractivity contribution < 1.29 is 9.53 Å². The van der Waals surface area contributed by atoms with Gasteiger partial charge in [0.1, 0.15) is 12.4 Å². The molecule has 2 atom stereocenters. The van der Waals surface area contributed by atoms with Gasteiger partial charge in [-0.05, 0) is 43.0 Å². The number of carbonyl (C=O) groups excluding carboxylic acids is 1. The molecule has 1 N–H and O–H groups in total. The first-order chi connectivity index (χ1) is 11.2. The Morgan fingerprint density at radius 2 is 2.09 bits per heavy atom. The third-order valence-electron chi connectivity index (χ3n) is 4.41. The summed E-state index contributed by atoms with van der Waals surface area (Å²) in [6, 6.07) is 7.62. The van der Waals surface area contributed by atoms with E-state index in [9.17, 15) is 4.79 Å². The van der Waals surface area contributed by atoms with Gasteiger partial charge in [0.05, 0.1) is 11.2 Å². The van der Waals surface area contributed by atoms with E-state index in [-0.39, 0.29) is 5.91 Å².